The molecule has 27 heavy (non-hydrogen) atoms. The van der Waals surface area contributed by atoms with Gasteiger partial charge in [-0.3, -0.25) is 4.79 Å². The lowest BCUT2D eigenvalue weighted by Gasteiger charge is -2.09. The highest BCUT2D eigenvalue weighted by Crippen LogP contribution is 2.36. The van der Waals surface area contributed by atoms with E-state index in [0.717, 1.165) is 5.69 Å². The van der Waals surface area contributed by atoms with Crippen LogP contribution in [0.4, 0.5) is 0 Å². The lowest BCUT2D eigenvalue weighted by Crippen LogP contribution is -2.13. The molecule has 0 saturated carbocycles. The summed E-state index contributed by atoms with van der Waals surface area (Å²) in [7, 11) is 0. The summed E-state index contributed by atoms with van der Waals surface area (Å²) in [6, 6.07) is 15.4. The maximum atomic E-state index is 12.6. The Kier molecular flexibility index (Phi) is 3.67. The molecule has 0 amide bonds. The van der Waals surface area contributed by atoms with Gasteiger partial charge in [-0.1, -0.05) is 24.3 Å². The molecule has 132 valence electrons. The Morgan fingerprint density at radius 3 is 2.52 bits per heavy atom. The van der Waals surface area contributed by atoms with E-state index in [1.807, 2.05) is 36.4 Å². The molecule has 0 saturated heterocycles. The molecule has 0 radical (unpaired) electrons. The van der Waals surface area contributed by atoms with Crippen LogP contribution in [0.25, 0.3) is 27.8 Å². The SMILES string of the molecule is Cc1nn(-c2ccccc2)c2[nH]c(=O)c(C#N)c(-c3ccc(O)c(O)c3)c12. The smallest absolute Gasteiger partial charge is 0.268 e. The van der Waals surface area contributed by atoms with E-state index >= 15 is 0 Å². The third-order valence-electron chi connectivity index (χ3n) is 4.40. The fraction of sp³-hybridized carbons (Fsp3) is 0.0500. The van der Waals surface area contributed by atoms with Crippen LogP contribution >= 0.6 is 0 Å². The number of pyridine rings is 1. The number of nitrogens with zero attached hydrogens (tertiary/aromatic N) is 3. The standard InChI is InChI=1S/C20H14N4O3/c1-11-17-18(12-7-8-15(25)16(26)9-12)14(10-21)20(27)22-19(17)24(23-11)13-5-3-2-4-6-13/h2-9,25-26H,1H3,(H,22,27). The Labute approximate surface area is 153 Å². The Morgan fingerprint density at radius 1 is 1.11 bits per heavy atom. The van der Waals surface area contributed by atoms with Crippen molar-refractivity contribution in [1.82, 2.24) is 14.8 Å². The number of aromatic amines is 1. The van der Waals surface area contributed by atoms with Crippen molar-refractivity contribution in [3.63, 3.8) is 0 Å². The summed E-state index contributed by atoms with van der Waals surface area (Å²) < 4.78 is 1.61. The maximum Gasteiger partial charge on any atom is 0.268 e. The summed E-state index contributed by atoms with van der Waals surface area (Å²) in [6.07, 6.45) is 0. The number of hydrogen-bond acceptors (Lipinski definition) is 5. The molecule has 4 aromatic rings. The first-order chi connectivity index (χ1) is 13.0. The van der Waals surface area contributed by atoms with Gasteiger partial charge in [0.05, 0.1) is 11.4 Å². The van der Waals surface area contributed by atoms with Crippen molar-refractivity contribution < 1.29 is 10.2 Å². The third-order valence-corrected chi connectivity index (χ3v) is 4.40. The Morgan fingerprint density at radius 2 is 1.85 bits per heavy atom. The van der Waals surface area contributed by atoms with Crippen molar-refractivity contribution in [2.24, 2.45) is 0 Å². The minimum absolute atomic E-state index is 0.0803. The van der Waals surface area contributed by atoms with Gasteiger partial charge in [0.15, 0.2) is 11.5 Å². The molecular formula is C20H14N4O3. The molecular weight excluding hydrogens is 344 g/mol. The van der Waals surface area contributed by atoms with Crippen molar-refractivity contribution >= 4 is 11.0 Å². The summed E-state index contributed by atoms with van der Waals surface area (Å²) in [5.74, 6) is -0.618. The van der Waals surface area contributed by atoms with E-state index in [1.165, 1.54) is 12.1 Å². The van der Waals surface area contributed by atoms with Gasteiger partial charge < -0.3 is 15.2 Å². The first kappa shape index (κ1) is 16.4. The number of nitrogens with one attached hydrogen (secondary N) is 1. The zero-order valence-electron chi connectivity index (χ0n) is 14.3. The van der Waals surface area contributed by atoms with Crippen molar-refractivity contribution in [1.29, 1.82) is 5.26 Å². The predicted octanol–water partition coefficient (Wildman–Crippen LogP) is 2.97. The van der Waals surface area contributed by atoms with Gasteiger partial charge >= 0.3 is 0 Å². The lowest BCUT2D eigenvalue weighted by atomic mass is 9.97. The Bertz CT molecular complexity index is 1280. The number of aromatic nitrogens is 3. The molecule has 0 aliphatic carbocycles. The highest BCUT2D eigenvalue weighted by molar-refractivity contribution is 5.98. The van der Waals surface area contributed by atoms with E-state index in [9.17, 15) is 20.3 Å². The molecule has 0 atom stereocenters. The second-order valence-corrected chi connectivity index (χ2v) is 6.08. The van der Waals surface area contributed by atoms with E-state index in [0.29, 0.717) is 27.9 Å². The van der Waals surface area contributed by atoms with E-state index in [-0.39, 0.29) is 17.1 Å². The number of benzene rings is 2. The van der Waals surface area contributed by atoms with Crippen LogP contribution in [0.5, 0.6) is 11.5 Å². The molecule has 0 spiro atoms. The molecule has 4 rings (SSSR count). The van der Waals surface area contributed by atoms with Crippen molar-refractivity contribution in [2.45, 2.75) is 6.92 Å². The molecule has 2 aromatic carbocycles. The summed E-state index contributed by atoms with van der Waals surface area (Å²) in [6.45, 7) is 1.78. The topological polar surface area (TPSA) is 115 Å². The van der Waals surface area contributed by atoms with Gasteiger partial charge in [-0.2, -0.15) is 10.4 Å². The molecule has 0 unspecified atom stereocenters. The molecule has 2 heterocycles. The van der Waals surface area contributed by atoms with Gasteiger partial charge in [0.25, 0.3) is 5.56 Å². The van der Waals surface area contributed by atoms with E-state index in [1.54, 1.807) is 17.7 Å². The number of aryl methyl sites for hydroxylation is 1. The number of phenols is 2. The van der Waals surface area contributed by atoms with Crippen LogP contribution in [0.1, 0.15) is 11.3 Å². The summed E-state index contributed by atoms with van der Waals surface area (Å²) in [4.78, 5) is 15.3. The van der Waals surface area contributed by atoms with Crippen LogP contribution in [0.3, 0.4) is 0 Å². The molecule has 0 aliphatic heterocycles. The lowest BCUT2D eigenvalue weighted by molar-refractivity contribution is 0.404. The molecule has 7 nitrogen and oxygen atoms in total. The minimum Gasteiger partial charge on any atom is -0.504 e. The number of H-pyrrole nitrogens is 1. The molecule has 0 aliphatic rings. The van der Waals surface area contributed by atoms with Gasteiger partial charge in [-0.05, 0) is 36.8 Å². The van der Waals surface area contributed by atoms with Crippen molar-refractivity contribution in [3.05, 3.63) is 70.1 Å². The quantitative estimate of drug-likeness (QED) is 0.477. The Hall–Kier alpha value is -4.05. The predicted molar refractivity (Wildman–Crippen MR) is 99.9 cm³/mol. The molecule has 0 bridgehead atoms. The second-order valence-electron chi connectivity index (χ2n) is 6.08. The average Bonchev–Trinajstić information content (AvgIpc) is 2.99. The molecule has 7 heteroatoms. The highest BCUT2D eigenvalue weighted by atomic mass is 16.3. The van der Waals surface area contributed by atoms with Crippen LogP contribution in [0, 0.1) is 18.3 Å². The Balaban J connectivity index is 2.15. The largest absolute Gasteiger partial charge is 0.504 e. The van der Waals surface area contributed by atoms with Crippen molar-refractivity contribution in [2.75, 3.05) is 0 Å². The van der Waals surface area contributed by atoms with Gasteiger partial charge in [0.2, 0.25) is 0 Å². The van der Waals surface area contributed by atoms with E-state index in [4.69, 9.17) is 0 Å². The molecule has 2 aromatic heterocycles. The maximum absolute atomic E-state index is 12.6. The molecule has 0 fully saturated rings. The normalized spacial score (nSPS) is 10.8. The number of phenolic OH excluding ortho intramolecular Hbond substituents is 2. The van der Waals surface area contributed by atoms with Crippen molar-refractivity contribution in [3.8, 4) is 34.4 Å². The summed E-state index contributed by atoms with van der Waals surface area (Å²) in [5.41, 5.74) is 2.00. The van der Waals surface area contributed by atoms with Gasteiger partial charge in [-0.25, -0.2) is 4.68 Å². The van der Waals surface area contributed by atoms with Gasteiger partial charge in [-0.15, -0.1) is 0 Å². The van der Waals surface area contributed by atoms with E-state index < -0.39 is 5.56 Å². The zero-order chi connectivity index (χ0) is 19.1. The van der Waals surface area contributed by atoms with Gasteiger partial charge in [0.1, 0.15) is 17.3 Å². The number of para-hydroxylation sites is 1. The molecule has 3 N–H and O–H groups in total. The van der Waals surface area contributed by atoms with Gasteiger partial charge in [0, 0.05) is 10.9 Å². The number of rotatable bonds is 2. The second kappa shape index (κ2) is 6.04. The monoisotopic (exact) mass is 358 g/mol. The third kappa shape index (κ3) is 2.51. The first-order valence-corrected chi connectivity index (χ1v) is 8.14. The number of nitriles is 1. The van der Waals surface area contributed by atoms with Crippen LogP contribution in [-0.4, -0.2) is 25.0 Å². The van der Waals surface area contributed by atoms with Crippen LogP contribution in [0.15, 0.2) is 53.3 Å². The zero-order valence-corrected chi connectivity index (χ0v) is 14.3. The number of hydrogen-bond donors (Lipinski definition) is 3. The number of fused-ring (bicyclic) bond motifs is 1. The minimum atomic E-state index is -0.551. The fourth-order valence-electron chi connectivity index (χ4n) is 3.18. The summed E-state index contributed by atoms with van der Waals surface area (Å²) in [5, 5.41) is 34.1. The average molecular weight is 358 g/mol. The summed E-state index contributed by atoms with van der Waals surface area (Å²) >= 11 is 0. The fourth-order valence-corrected chi connectivity index (χ4v) is 3.18. The van der Waals surface area contributed by atoms with Crippen LogP contribution in [0.2, 0.25) is 0 Å². The van der Waals surface area contributed by atoms with Crippen LogP contribution in [-0.2, 0) is 0 Å². The first-order valence-electron chi connectivity index (χ1n) is 8.14. The highest BCUT2D eigenvalue weighted by Gasteiger charge is 2.21. The van der Waals surface area contributed by atoms with E-state index in [2.05, 4.69) is 10.1 Å². The van der Waals surface area contributed by atoms with Crippen LogP contribution < -0.4 is 5.56 Å². The number of aromatic hydroxyl groups is 2.